The second-order valence-corrected chi connectivity index (χ2v) is 4.17. The number of rotatable bonds is 3. The van der Waals surface area contributed by atoms with Crippen LogP contribution in [0.1, 0.15) is 5.82 Å². The van der Waals surface area contributed by atoms with Crippen molar-refractivity contribution in [1.82, 2.24) is 10.1 Å². The van der Waals surface area contributed by atoms with Crippen molar-refractivity contribution in [2.24, 2.45) is 0 Å². The lowest BCUT2D eigenvalue weighted by atomic mass is 10.1. The van der Waals surface area contributed by atoms with Gasteiger partial charge in [-0.3, -0.25) is 0 Å². The Morgan fingerprint density at radius 2 is 1.95 bits per heavy atom. The van der Waals surface area contributed by atoms with E-state index in [0.29, 0.717) is 17.8 Å². The summed E-state index contributed by atoms with van der Waals surface area (Å²) in [4.78, 5) is 4.14. The van der Waals surface area contributed by atoms with Crippen LogP contribution in [0.2, 0.25) is 0 Å². The van der Waals surface area contributed by atoms with Gasteiger partial charge in [-0.25, -0.2) is 0 Å². The van der Waals surface area contributed by atoms with Crippen molar-refractivity contribution in [2.75, 3.05) is 6.61 Å². The highest BCUT2D eigenvalue weighted by atomic mass is 16.5. The number of benzene rings is 2. The lowest BCUT2D eigenvalue weighted by Crippen LogP contribution is -1.92. The minimum Gasteiger partial charge on any atom is -0.506 e. The molecular formula is C14H12N2O3. The van der Waals surface area contributed by atoms with Gasteiger partial charge < -0.3 is 14.7 Å². The number of phenolic OH excluding ortho intramolecular Hbond substituents is 1. The summed E-state index contributed by atoms with van der Waals surface area (Å²) >= 11 is 0. The maximum Gasteiger partial charge on any atom is 0.261 e. The molecule has 0 aliphatic rings. The van der Waals surface area contributed by atoms with Crippen molar-refractivity contribution in [3.63, 3.8) is 0 Å². The lowest BCUT2D eigenvalue weighted by Gasteiger charge is -2.04. The molecule has 2 N–H and O–H groups in total. The van der Waals surface area contributed by atoms with Crippen molar-refractivity contribution in [3.8, 4) is 17.2 Å². The second kappa shape index (κ2) is 4.70. The number of fused-ring (bicyclic) bond motifs is 1. The molecule has 2 aromatic carbocycles. The zero-order chi connectivity index (χ0) is 13.2. The van der Waals surface area contributed by atoms with E-state index in [1.165, 1.54) is 0 Å². The number of aliphatic hydroxyl groups excluding tert-OH is 1. The number of aromatic nitrogens is 2. The summed E-state index contributed by atoms with van der Waals surface area (Å²) < 4.78 is 5.10. The van der Waals surface area contributed by atoms with Crippen molar-refractivity contribution in [2.45, 2.75) is 6.42 Å². The zero-order valence-electron chi connectivity index (χ0n) is 10.1. The highest BCUT2D eigenvalue weighted by Crippen LogP contribution is 2.34. The SMILES string of the molecule is OCCc1noc(-c2ccc3ccccc3c2O)n1. The van der Waals surface area contributed by atoms with Gasteiger partial charge >= 0.3 is 0 Å². The van der Waals surface area contributed by atoms with Gasteiger partial charge in [0.15, 0.2) is 5.82 Å². The molecule has 3 aromatic rings. The molecule has 5 nitrogen and oxygen atoms in total. The molecule has 96 valence electrons. The molecule has 0 amide bonds. The monoisotopic (exact) mass is 256 g/mol. The largest absolute Gasteiger partial charge is 0.506 e. The van der Waals surface area contributed by atoms with Gasteiger partial charge in [-0.2, -0.15) is 4.98 Å². The fourth-order valence-corrected chi connectivity index (χ4v) is 1.99. The van der Waals surface area contributed by atoms with Gasteiger partial charge in [0, 0.05) is 11.8 Å². The van der Waals surface area contributed by atoms with E-state index in [9.17, 15) is 5.11 Å². The van der Waals surface area contributed by atoms with Crippen LogP contribution in [-0.4, -0.2) is 27.0 Å². The summed E-state index contributed by atoms with van der Waals surface area (Å²) in [5.41, 5.74) is 0.496. The summed E-state index contributed by atoms with van der Waals surface area (Å²) in [5, 5.41) is 24.5. The summed E-state index contributed by atoms with van der Waals surface area (Å²) in [5.74, 6) is 0.800. The van der Waals surface area contributed by atoms with Crippen molar-refractivity contribution >= 4 is 10.8 Å². The van der Waals surface area contributed by atoms with E-state index in [4.69, 9.17) is 9.63 Å². The molecule has 19 heavy (non-hydrogen) atoms. The Hall–Kier alpha value is -2.40. The quantitative estimate of drug-likeness (QED) is 0.750. The minimum atomic E-state index is -0.0390. The Labute approximate surface area is 109 Å². The number of aromatic hydroxyl groups is 1. The first-order chi connectivity index (χ1) is 9.29. The van der Waals surface area contributed by atoms with E-state index in [2.05, 4.69) is 10.1 Å². The standard InChI is InChI=1S/C14H12N2O3/c17-8-7-12-15-14(19-16-12)11-6-5-9-3-1-2-4-10(9)13(11)18/h1-6,17-18H,7-8H2. The molecule has 0 spiro atoms. The number of hydrogen-bond acceptors (Lipinski definition) is 5. The maximum absolute atomic E-state index is 10.3. The first-order valence-electron chi connectivity index (χ1n) is 5.94. The average Bonchev–Trinajstić information content (AvgIpc) is 2.88. The van der Waals surface area contributed by atoms with E-state index in [0.717, 1.165) is 10.8 Å². The Balaban J connectivity index is 2.11. The van der Waals surface area contributed by atoms with Crippen molar-refractivity contribution in [1.29, 1.82) is 0 Å². The highest BCUT2D eigenvalue weighted by Gasteiger charge is 2.14. The third-order valence-corrected chi connectivity index (χ3v) is 2.93. The van der Waals surface area contributed by atoms with Crippen LogP contribution in [-0.2, 0) is 6.42 Å². The molecule has 0 saturated carbocycles. The zero-order valence-corrected chi connectivity index (χ0v) is 10.1. The maximum atomic E-state index is 10.3. The van der Waals surface area contributed by atoms with Crippen LogP contribution in [0, 0.1) is 0 Å². The van der Waals surface area contributed by atoms with Crippen molar-refractivity contribution < 1.29 is 14.7 Å². The topological polar surface area (TPSA) is 79.4 Å². The van der Waals surface area contributed by atoms with E-state index in [1.54, 1.807) is 6.07 Å². The molecular weight excluding hydrogens is 244 g/mol. The van der Waals surface area contributed by atoms with Crippen LogP contribution in [0.25, 0.3) is 22.2 Å². The smallest absolute Gasteiger partial charge is 0.261 e. The Bertz CT molecular complexity index is 722. The molecule has 5 heteroatoms. The Morgan fingerprint density at radius 1 is 1.11 bits per heavy atom. The van der Waals surface area contributed by atoms with E-state index >= 15 is 0 Å². The molecule has 0 aliphatic heterocycles. The molecule has 0 fully saturated rings. The van der Waals surface area contributed by atoms with Gasteiger partial charge in [-0.1, -0.05) is 35.5 Å². The van der Waals surface area contributed by atoms with Crippen LogP contribution in [0.3, 0.4) is 0 Å². The summed E-state index contributed by atoms with van der Waals surface area (Å²) in [6.07, 6.45) is 0.331. The Kier molecular flexibility index (Phi) is 2.89. The van der Waals surface area contributed by atoms with Gasteiger partial charge in [-0.15, -0.1) is 0 Å². The van der Waals surface area contributed by atoms with Gasteiger partial charge in [0.1, 0.15) is 5.75 Å². The minimum absolute atomic E-state index is 0.0390. The fraction of sp³-hybridized carbons (Fsp3) is 0.143. The summed E-state index contributed by atoms with van der Waals surface area (Å²) in [6, 6.07) is 11.2. The number of hydrogen-bond donors (Lipinski definition) is 2. The Morgan fingerprint density at radius 3 is 2.79 bits per heavy atom. The van der Waals surface area contributed by atoms with Gasteiger partial charge in [0.05, 0.1) is 12.2 Å². The van der Waals surface area contributed by atoms with Crippen LogP contribution >= 0.6 is 0 Å². The summed E-state index contributed by atoms with van der Waals surface area (Å²) in [7, 11) is 0. The predicted molar refractivity (Wildman–Crippen MR) is 69.7 cm³/mol. The number of phenols is 1. The van der Waals surface area contributed by atoms with Gasteiger partial charge in [-0.05, 0) is 11.5 Å². The second-order valence-electron chi connectivity index (χ2n) is 4.17. The third-order valence-electron chi connectivity index (χ3n) is 2.93. The highest BCUT2D eigenvalue weighted by molar-refractivity contribution is 5.93. The lowest BCUT2D eigenvalue weighted by molar-refractivity contribution is 0.293. The summed E-state index contributed by atoms with van der Waals surface area (Å²) in [6.45, 7) is -0.0390. The van der Waals surface area contributed by atoms with Gasteiger partial charge in [0.25, 0.3) is 5.89 Å². The molecule has 3 rings (SSSR count). The van der Waals surface area contributed by atoms with Crippen molar-refractivity contribution in [3.05, 3.63) is 42.2 Å². The molecule has 1 heterocycles. The molecule has 0 atom stereocenters. The number of nitrogens with zero attached hydrogens (tertiary/aromatic N) is 2. The molecule has 0 aliphatic carbocycles. The molecule has 0 unspecified atom stereocenters. The predicted octanol–water partition coefficient (Wildman–Crippen LogP) is 2.13. The van der Waals surface area contributed by atoms with Crippen LogP contribution in [0.4, 0.5) is 0 Å². The fourth-order valence-electron chi connectivity index (χ4n) is 1.99. The third kappa shape index (κ3) is 2.04. The normalized spacial score (nSPS) is 11.0. The molecule has 0 radical (unpaired) electrons. The van der Waals surface area contributed by atoms with E-state index < -0.39 is 0 Å². The van der Waals surface area contributed by atoms with Crippen LogP contribution < -0.4 is 0 Å². The molecule has 1 aromatic heterocycles. The van der Waals surface area contributed by atoms with Crippen LogP contribution in [0.15, 0.2) is 40.9 Å². The first-order valence-corrected chi connectivity index (χ1v) is 5.94. The molecule has 0 saturated heterocycles. The molecule has 0 bridgehead atoms. The number of aliphatic hydroxyl groups is 1. The van der Waals surface area contributed by atoms with Crippen LogP contribution in [0.5, 0.6) is 5.75 Å². The first kappa shape index (κ1) is 11.7. The van der Waals surface area contributed by atoms with Gasteiger partial charge in [0.2, 0.25) is 0 Å². The van der Waals surface area contributed by atoms with E-state index in [-0.39, 0.29) is 18.2 Å². The average molecular weight is 256 g/mol. The van der Waals surface area contributed by atoms with E-state index in [1.807, 2.05) is 30.3 Å².